The maximum atomic E-state index is 11.6. The van der Waals surface area contributed by atoms with Gasteiger partial charge in [0.15, 0.2) is 0 Å². The highest BCUT2D eigenvalue weighted by Gasteiger charge is 2.26. The molecule has 30 heavy (non-hydrogen) atoms. The molecule has 0 aliphatic heterocycles. The van der Waals surface area contributed by atoms with Crippen LogP contribution in [-0.4, -0.2) is 47.9 Å². The first-order chi connectivity index (χ1) is 14.4. The highest BCUT2D eigenvalue weighted by atomic mass is 32.2. The van der Waals surface area contributed by atoms with E-state index in [1.54, 1.807) is 11.8 Å². The molecule has 6 heteroatoms. The van der Waals surface area contributed by atoms with Crippen molar-refractivity contribution in [3.05, 3.63) is 0 Å². The Morgan fingerprint density at radius 3 is 2.07 bits per heavy atom. The third-order valence-electron chi connectivity index (χ3n) is 5.73. The molecule has 0 aromatic carbocycles. The summed E-state index contributed by atoms with van der Waals surface area (Å²) in [5, 5.41) is 10.4. The van der Waals surface area contributed by atoms with E-state index in [2.05, 4.69) is 18.6 Å². The molecule has 0 rings (SSSR count). The Morgan fingerprint density at radius 1 is 0.833 bits per heavy atom. The van der Waals surface area contributed by atoms with Gasteiger partial charge < -0.3 is 14.6 Å². The number of aliphatic hydroxyl groups is 1. The maximum Gasteiger partial charge on any atom is 0.315 e. The number of unbranched alkanes of at least 4 members (excludes halogenated alkanes) is 8. The summed E-state index contributed by atoms with van der Waals surface area (Å²) in [4.78, 5) is 22.7. The summed E-state index contributed by atoms with van der Waals surface area (Å²) in [5.74, 6) is 0.0607. The molecule has 1 N–H and O–H groups in total. The summed E-state index contributed by atoms with van der Waals surface area (Å²) in [7, 11) is 2.86. The number of hydrogen-bond acceptors (Lipinski definition) is 6. The van der Waals surface area contributed by atoms with E-state index < -0.39 is 0 Å². The second kappa shape index (κ2) is 19.0. The lowest BCUT2D eigenvalue weighted by Gasteiger charge is -2.30. The first-order valence-electron chi connectivity index (χ1n) is 11.8. The number of hydrogen-bond donors (Lipinski definition) is 1. The topological polar surface area (TPSA) is 72.8 Å². The fourth-order valence-electron chi connectivity index (χ4n) is 3.56. The molecule has 0 spiro atoms. The van der Waals surface area contributed by atoms with Crippen molar-refractivity contribution in [1.29, 1.82) is 0 Å². The van der Waals surface area contributed by atoms with Crippen LogP contribution in [-0.2, 0) is 19.1 Å². The Hall–Kier alpha value is -0.750. The third-order valence-corrected chi connectivity index (χ3v) is 7.21. The summed E-state index contributed by atoms with van der Waals surface area (Å²) in [6.45, 7) is 4.42. The largest absolute Gasteiger partial charge is 0.469 e. The number of carbonyl (C=O) groups excluding carboxylic acids is 2. The molecule has 1 unspecified atom stereocenters. The molecule has 0 aliphatic rings. The van der Waals surface area contributed by atoms with Crippen LogP contribution in [0.25, 0.3) is 0 Å². The first-order valence-corrected chi connectivity index (χ1v) is 12.8. The third kappa shape index (κ3) is 17.0. The van der Waals surface area contributed by atoms with Gasteiger partial charge in [-0.05, 0) is 32.1 Å². The van der Waals surface area contributed by atoms with Gasteiger partial charge in [-0.25, -0.2) is 0 Å². The zero-order chi connectivity index (χ0) is 22.7. The molecule has 0 saturated heterocycles. The number of rotatable bonds is 20. The standard InChI is InChI=1S/C24H46O5S/c1-5-6-7-12-15-21(25)17-19-24(2,30-20-23(27)29-4)18-14-11-9-8-10-13-16-22(26)28-3/h21,25H,5-20H2,1-4H3/t21-,24?/m1/s1. The molecule has 0 bridgehead atoms. The Bertz CT molecular complexity index is 443. The molecule has 0 aliphatic carbocycles. The number of aliphatic hydroxyl groups excluding tert-OH is 1. The van der Waals surface area contributed by atoms with Gasteiger partial charge in [0.05, 0.1) is 26.1 Å². The molecular weight excluding hydrogens is 400 g/mol. The van der Waals surface area contributed by atoms with E-state index in [1.165, 1.54) is 39.9 Å². The SMILES string of the molecule is CCCCCC[C@@H](O)CCC(C)(CCCCCCCCC(=O)OC)SCC(=O)OC. The van der Waals surface area contributed by atoms with E-state index in [0.29, 0.717) is 12.2 Å². The van der Waals surface area contributed by atoms with Crippen LogP contribution in [0, 0.1) is 0 Å². The molecule has 0 aromatic rings. The fourth-order valence-corrected chi connectivity index (χ4v) is 4.70. The van der Waals surface area contributed by atoms with Gasteiger partial charge in [-0.2, -0.15) is 0 Å². The quantitative estimate of drug-likeness (QED) is 0.181. The average molecular weight is 447 g/mol. The lowest BCUT2D eigenvalue weighted by atomic mass is 9.93. The minimum absolute atomic E-state index is 0.0104. The fraction of sp³-hybridized carbons (Fsp3) is 0.917. The molecule has 0 radical (unpaired) electrons. The van der Waals surface area contributed by atoms with Gasteiger partial charge in [-0.3, -0.25) is 9.59 Å². The van der Waals surface area contributed by atoms with Crippen molar-refractivity contribution in [3.8, 4) is 0 Å². The summed E-state index contributed by atoms with van der Waals surface area (Å²) < 4.78 is 9.46. The molecule has 178 valence electrons. The van der Waals surface area contributed by atoms with Crippen LogP contribution in [0.3, 0.4) is 0 Å². The molecular formula is C24H46O5S. The van der Waals surface area contributed by atoms with E-state index in [9.17, 15) is 14.7 Å². The number of thioether (sulfide) groups is 1. The van der Waals surface area contributed by atoms with Crippen LogP contribution in [0.2, 0.25) is 0 Å². The highest BCUT2D eigenvalue weighted by molar-refractivity contribution is 8.01. The Balaban J connectivity index is 4.21. The summed E-state index contributed by atoms with van der Waals surface area (Å²) in [6, 6.07) is 0. The molecule has 0 saturated carbocycles. The van der Waals surface area contributed by atoms with Crippen molar-refractivity contribution in [2.75, 3.05) is 20.0 Å². The van der Waals surface area contributed by atoms with Gasteiger partial charge in [-0.15, -0.1) is 11.8 Å². The minimum Gasteiger partial charge on any atom is -0.469 e. The van der Waals surface area contributed by atoms with Gasteiger partial charge in [0, 0.05) is 11.2 Å². The normalized spacial score (nSPS) is 14.2. The number of methoxy groups -OCH3 is 2. The van der Waals surface area contributed by atoms with Crippen LogP contribution < -0.4 is 0 Å². The molecule has 0 amide bonds. The maximum absolute atomic E-state index is 11.6. The predicted octanol–water partition coefficient (Wildman–Crippen LogP) is 6.06. The summed E-state index contributed by atoms with van der Waals surface area (Å²) in [5.41, 5.74) is 0. The monoisotopic (exact) mass is 446 g/mol. The molecule has 0 aromatic heterocycles. The van der Waals surface area contributed by atoms with Crippen LogP contribution in [0.1, 0.15) is 110 Å². The van der Waals surface area contributed by atoms with Crippen molar-refractivity contribution in [1.82, 2.24) is 0 Å². The van der Waals surface area contributed by atoms with Crippen LogP contribution in [0.4, 0.5) is 0 Å². The highest BCUT2D eigenvalue weighted by Crippen LogP contribution is 2.36. The van der Waals surface area contributed by atoms with E-state index in [1.807, 2.05) is 0 Å². The van der Waals surface area contributed by atoms with E-state index in [-0.39, 0.29) is 22.8 Å². The summed E-state index contributed by atoms with van der Waals surface area (Å²) in [6.07, 6.45) is 15.2. The van der Waals surface area contributed by atoms with Crippen LogP contribution in [0.5, 0.6) is 0 Å². The van der Waals surface area contributed by atoms with E-state index in [4.69, 9.17) is 4.74 Å². The lowest BCUT2D eigenvalue weighted by molar-refractivity contribution is -0.140. The number of carbonyl (C=O) groups is 2. The zero-order valence-electron chi connectivity index (χ0n) is 19.9. The van der Waals surface area contributed by atoms with E-state index in [0.717, 1.165) is 64.2 Å². The molecule has 2 atom stereocenters. The molecule has 5 nitrogen and oxygen atoms in total. The Labute approximate surface area is 189 Å². The Kier molecular flexibility index (Phi) is 18.5. The van der Waals surface area contributed by atoms with Gasteiger partial charge in [-0.1, -0.05) is 71.6 Å². The second-order valence-corrected chi connectivity index (χ2v) is 10.1. The van der Waals surface area contributed by atoms with Gasteiger partial charge in [0.25, 0.3) is 0 Å². The van der Waals surface area contributed by atoms with Gasteiger partial charge in [0.2, 0.25) is 0 Å². The van der Waals surface area contributed by atoms with Crippen LogP contribution >= 0.6 is 11.8 Å². The van der Waals surface area contributed by atoms with Crippen LogP contribution in [0.15, 0.2) is 0 Å². The average Bonchev–Trinajstić information content (AvgIpc) is 2.75. The second-order valence-electron chi connectivity index (χ2n) is 8.55. The predicted molar refractivity (Wildman–Crippen MR) is 126 cm³/mol. The van der Waals surface area contributed by atoms with Gasteiger partial charge in [0.1, 0.15) is 0 Å². The lowest BCUT2D eigenvalue weighted by Crippen LogP contribution is -2.25. The molecule has 0 heterocycles. The smallest absolute Gasteiger partial charge is 0.315 e. The zero-order valence-corrected chi connectivity index (χ0v) is 20.7. The molecule has 0 fully saturated rings. The summed E-state index contributed by atoms with van der Waals surface area (Å²) >= 11 is 1.67. The van der Waals surface area contributed by atoms with Crippen molar-refractivity contribution >= 4 is 23.7 Å². The van der Waals surface area contributed by atoms with Crippen molar-refractivity contribution in [3.63, 3.8) is 0 Å². The van der Waals surface area contributed by atoms with E-state index >= 15 is 0 Å². The number of ether oxygens (including phenoxy) is 2. The van der Waals surface area contributed by atoms with Crippen molar-refractivity contribution in [2.24, 2.45) is 0 Å². The first kappa shape index (κ1) is 29.2. The Morgan fingerprint density at radius 2 is 1.43 bits per heavy atom. The van der Waals surface area contributed by atoms with Crippen molar-refractivity contribution in [2.45, 2.75) is 121 Å². The minimum atomic E-state index is -0.241. The van der Waals surface area contributed by atoms with Gasteiger partial charge >= 0.3 is 11.9 Å². The number of esters is 2. The van der Waals surface area contributed by atoms with Crippen molar-refractivity contribution < 1.29 is 24.2 Å².